The second-order valence-electron chi connectivity index (χ2n) is 8.63. The Morgan fingerprint density at radius 3 is 2.26 bits per heavy atom. The molecule has 2 aliphatic heterocycles. The van der Waals surface area contributed by atoms with Crippen LogP contribution in [0.2, 0.25) is 0 Å². The lowest BCUT2D eigenvalue weighted by Crippen LogP contribution is -2.41. The summed E-state index contributed by atoms with van der Waals surface area (Å²) < 4.78 is 17.5. The lowest BCUT2D eigenvalue weighted by atomic mass is 9.84. The number of rotatable bonds is 1. The summed E-state index contributed by atoms with van der Waals surface area (Å²) in [5, 5.41) is 0. The molecule has 5 nitrogen and oxygen atoms in total. The van der Waals surface area contributed by atoms with Gasteiger partial charge in [0.25, 0.3) is 0 Å². The fraction of sp³-hybridized carbons (Fsp3) is 0.824. The maximum atomic E-state index is 12.2. The first-order valence-electron chi connectivity index (χ1n) is 8.35. The van der Waals surface area contributed by atoms with Crippen LogP contribution in [0.4, 0.5) is 4.79 Å². The van der Waals surface area contributed by atoms with E-state index in [4.69, 9.17) is 14.0 Å². The van der Waals surface area contributed by atoms with Crippen LogP contribution in [0.1, 0.15) is 55.4 Å². The molecule has 1 atom stereocenters. The maximum absolute atomic E-state index is 12.2. The van der Waals surface area contributed by atoms with Crippen LogP contribution >= 0.6 is 0 Å². The SMILES string of the molecule is CC1CN(C(=O)OC(C)(C)C)C/C1=C/B1OC(C)(C)C(C)(C)O1. The van der Waals surface area contributed by atoms with Gasteiger partial charge in [-0.05, 0) is 54.4 Å². The molecule has 6 heteroatoms. The zero-order valence-electron chi connectivity index (χ0n) is 15.7. The van der Waals surface area contributed by atoms with Gasteiger partial charge in [-0.1, -0.05) is 18.5 Å². The molecule has 0 bridgehead atoms. The minimum atomic E-state index is -0.474. The fourth-order valence-corrected chi connectivity index (χ4v) is 2.70. The third-order valence-corrected chi connectivity index (χ3v) is 4.77. The number of hydrogen-bond acceptors (Lipinski definition) is 4. The first kappa shape index (κ1) is 18.3. The maximum Gasteiger partial charge on any atom is 0.487 e. The van der Waals surface area contributed by atoms with Gasteiger partial charge in [0.05, 0.1) is 11.2 Å². The Bertz CT molecular complexity index is 491. The van der Waals surface area contributed by atoms with E-state index in [1.54, 1.807) is 4.90 Å². The number of amides is 1. The van der Waals surface area contributed by atoms with Crippen molar-refractivity contribution in [2.75, 3.05) is 13.1 Å². The van der Waals surface area contributed by atoms with E-state index in [1.807, 2.05) is 54.4 Å². The van der Waals surface area contributed by atoms with Crippen molar-refractivity contribution in [1.82, 2.24) is 4.90 Å². The predicted molar refractivity (Wildman–Crippen MR) is 91.1 cm³/mol. The largest absolute Gasteiger partial charge is 0.487 e. The van der Waals surface area contributed by atoms with Crippen LogP contribution in [0.5, 0.6) is 0 Å². The number of likely N-dealkylation sites (tertiary alicyclic amines) is 1. The van der Waals surface area contributed by atoms with Crippen molar-refractivity contribution in [1.29, 1.82) is 0 Å². The average molecular weight is 323 g/mol. The lowest BCUT2D eigenvalue weighted by Gasteiger charge is -2.32. The van der Waals surface area contributed by atoms with Gasteiger partial charge >= 0.3 is 13.2 Å². The van der Waals surface area contributed by atoms with E-state index in [0.717, 1.165) is 5.57 Å². The molecule has 1 amide bonds. The van der Waals surface area contributed by atoms with Crippen LogP contribution in [0, 0.1) is 5.92 Å². The van der Waals surface area contributed by atoms with Crippen LogP contribution in [0.25, 0.3) is 0 Å². The Balaban J connectivity index is 2.04. The summed E-state index contributed by atoms with van der Waals surface area (Å²) in [6.07, 6.45) is -0.262. The van der Waals surface area contributed by atoms with Gasteiger partial charge in [0.2, 0.25) is 0 Å². The number of nitrogens with zero attached hydrogens (tertiary/aromatic N) is 1. The topological polar surface area (TPSA) is 48.0 Å². The van der Waals surface area contributed by atoms with Crippen molar-refractivity contribution < 1.29 is 18.8 Å². The molecule has 2 heterocycles. The summed E-state index contributed by atoms with van der Waals surface area (Å²) in [5.74, 6) is 2.30. The molecule has 2 saturated heterocycles. The predicted octanol–water partition coefficient (Wildman–Crippen LogP) is 3.43. The number of hydrogen-bond donors (Lipinski definition) is 0. The summed E-state index contributed by atoms with van der Waals surface area (Å²) >= 11 is 0. The molecule has 0 saturated carbocycles. The Morgan fingerprint density at radius 2 is 1.78 bits per heavy atom. The molecule has 0 aromatic carbocycles. The molecular weight excluding hydrogens is 293 g/mol. The van der Waals surface area contributed by atoms with Crippen molar-refractivity contribution in [3.63, 3.8) is 0 Å². The highest BCUT2D eigenvalue weighted by atomic mass is 16.7. The van der Waals surface area contributed by atoms with E-state index in [1.165, 1.54) is 0 Å². The van der Waals surface area contributed by atoms with E-state index >= 15 is 0 Å². The highest BCUT2D eigenvalue weighted by molar-refractivity contribution is 6.51. The Hall–Kier alpha value is -1.01. The number of carbonyl (C=O) groups excluding carboxylic acids is 1. The van der Waals surface area contributed by atoms with Gasteiger partial charge in [0.1, 0.15) is 5.60 Å². The molecule has 130 valence electrons. The van der Waals surface area contributed by atoms with Crippen LogP contribution in [0.15, 0.2) is 11.5 Å². The third kappa shape index (κ3) is 4.10. The van der Waals surface area contributed by atoms with Crippen LogP contribution in [-0.2, 0) is 14.0 Å². The monoisotopic (exact) mass is 323 g/mol. The molecular formula is C17H30BNO4. The molecule has 0 N–H and O–H groups in total. The molecule has 1 unspecified atom stereocenters. The molecule has 0 radical (unpaired) electrons. The van der Waals surface area contributed by atoms with Gasteiger partial charge in [-0.3, -0.25) is 0 Å². The molecule has 0 aromatic heterocycles. The number of ether oxygens (including phenoxy) is 1. The zero-order chi connectivity index (χ0) is 17.6. The normalized spacial score (nSPS) is 28.5. The molecule has 2 fully saturated rings. The van der Waals surface area contributed by atoms with Gasteiger partial charge in [0, 0.05) is 13.1 Å². The minimum Gasteiger partial charge on any atom is -0.444 e. The van der Waals surface area contributed by atoms with Crippen molar-refractivity contribution in [2.45, 2.75) is 72.2 Å². The summed E-state index contributed by atoms with van der Waals surface area (Å²) in [7, 11) is -0.365. The first-order chi connectivity index (χ1) is 10.3. The summed E-state index contributed by atoms with van der Waals surface area (Å²) in [5.41, 5.74) is -0.00388. The fourth-order valence-electron chi connectivity index (χ4n) is 2.70. The van der Waals surface area contributed by atoms with E-state index in [2.05, 4.69) is 6.92 Å². The Kier molecular flexibility index (Phi) is 4.64. The van der Waals surface area contributed by atoms with Crippen molar-refractivity contribution in [3.8, 4) is 0 Å². The van der Waals surface area contributed by atoms with Gasteiger partial charge in [-0.2, -0.15) is 0 Å². The van der Waals surface area contributed by atoms with Crippen molar-refractivity contribution in [3.05, 3.63) is 11.5 Å². The van der Waals surface area contributed by atoms with E-state index in [-0.39, 0.29) is 30.3 Å². The van der Waals surface area contributed by atoms with Crippen LogP contribution < -0.4 is 0 Å². The van der Waals surface area contributed by atoms with E-state index in [0.29, 0.717) is 13.1 Å². The van der Waals surface area contributed by atoms with Gasteiger partial charge < -0.3 is 18.9 Å². The smallest absolute Gasteiger partial charge is 0.444 e. The van der Waals surface area contributed by atoms with Crippen LogP contribution in [-0.4, -0.2) is 48.0 Å². The minimum absolute atomic E-state index is 0.262. The quantitative estimate of drug-likeness (QED) is 0.694. The van der Waals surface area contributed by atoms with Gasteiger partial charge in [0.15, 0.2) is 0 Å². The number of carbonyl (C=O) groups is 1. The van der Waals surface area contributed by atoms with Gasteiger partial charge in [-0.15, -0.1) is 0 Å². The molecule has 0 aliphatic carbocycles. The van der Waals surface area contributed by atoms with E-state index in [9.17, 15) is 4.79 Å². The van der Waals surface area contributed by atoms with E-state index < -0.39 is 5.60 Å². The lowest BCUT2D eigenvalue weighted by molar-refractivity contribution is 0.00578. The molecule has 0 spiro atoms. The zero-order valence-corrected chi connectivity index (χ0v) is 15.7. The summed E-state index contributed by atoms with van der Waals surface area (Å²) in [4.78, 5) is 14.0. The highest BCUT2D eigenvalue weighted by Crippen LogP contribution is 2.38. The summed E-state index contributed by atoms with van der Waals surface area (Å²) in [6, 6.07) is 0. The Labute approximate surface area is 140 Å². The average Bonchev–Trinajstić information content (AvgIpc) is 2.76. The first-order valence-corrected chi connectivity index (χ1v) is 8.35. The van der Waals surface area contributed by atoms with Crippen molar-refractivity contribution >= 4 is 13.2 Å². The van der Waals surface area contributed by atoms with Crippen molar-refractivity contribution in [2.24, 2.45) is 5.92 Å². The summed E-state index contributed by atoms with van der Waals surface area (Å²) in [6.45, 7) is 17.1. The molecule has 2 rings (SSSR count). The Morgan fingerprint density at radius 1 is 1.26 bits per heavy atom. The molecule has 23 heavy (non-hydrogen) atoms. The molecule has 2 aliphatic rings. The molecule has 0 aromatic rings. The third-order valence-electron chi connectivity index (χ3n) is 4.77. The second-order valence-corrected chi connectivity index (χ2v) is 8.63. The standard InChI is InChI=1S/C17H30BNO4/c1-12-10-19(14(20)21-15(2,3)4)11-13(12)9-18-22-16(5,6)17(7,8)23-18/h9,12H,10-11H2,1-8H3/b13-9-. The second kappa shape index (κ2) is 5.81. The highest BCUT2D eigenvalue weighted by Gasteiger charge is 2.50. The van der Waals surface area contributed by atoms with Gasteiger partial charge in [-0.25, -0.2) is 4.79 Å². The van der Waals surface area contributed by atoms with Crippen LogP contribution in [0.3, 0.4) is 0 Å².